The second-order valence-electron chi connectivity index (χ2n) is 5.93. The lowest BCUT2D eigenvalue weighted by Crippen LogP contribution is -2.41. The van der Waals surface area contributed by atoms with Crippen LogP contribution < -0.4 is 5.32 Å². The van der Waals surface area contributed by atoms with Crippen LogP contribution in [-0.4, -0.2) is 37.9 Å². The number of carbonyl (C=O) groups is 1. The van der Waals surface area contributed by atoms with Gasteiger partial charge in [0, 0.05) is 24.0 Å². The maximum Gasteiger partial charge on any atom is 0.230 e. The van der Waals surface area contributed by atoms with Gasteiger partial charge in [0.1, 0.15) is 0 Å². The minimum Gasteiger partial charge on any atom is -0.352 e. The summed E-state index contributed by atoms with van der Waals surface area (Å²) in [6.07, 6.45) is 8.20. The van der Waals surface area contributed by atoms with Gasteiger partial charge in [-0.3, -0.25) is 14.9 Å². The van der Waals surface area contributed by atoms with Crippen LogP contribution in [0.3, 0.4) is 0 Å². The molecule has 2 atom stereocenters. The molecule has 0 spiro atoms. The maximum atomic E-state index is 12.1. The first-order chi connectivity index (χ1) is 11.2. The van der Waals surface area contributed by atoms with Gasteiger partial charge in [0.15, 0.2) is 5.82 Å². The van der Waals surface area contributed by atoms with Crippen LogP contribution >= 0.6 is 11.8 Å². The van der Waals surface area contributed by atoms with E-state index >= 15 is 0 Å². The van der Waals surface area contributed by atoms with Crippen LogP contribution in [0.4, 0.5) is 0 Å². The molecule has 7 heteroatoms. The Kier molecular flexibility index (Phi) is 5.27. The van der Waals surface area contributed by atoms with E-state index in [2.05, 4.69) is 32.4 Å². The quantitative estimate of drug-likeness (QED) is 0.823. The summed E-state index contributed by atoms with van der Waals surface area (Å²) < 4.78 is 0. The van der Waals surface area contributed by atoms with Crippen molar-refractivity contribution in [3.8, 4) is 11.4 Å². The highest BCUT2D eigenvalue weighted by Crippen LogP contribution is 2.24. The van der Waals surface area contributed by atoms with Crippen molar-refractivity contribution in [3.63, 3.8) is 0 Å². The Morgan fingerprint density at radius 1 is 1.35 bits per heavy atom. The number of nitrogens with zero attached hydrogens (tertiary/aromatic N) is 3. The lowest BCUT2D eigenvalue weighted by atomic mass is 9.86. The van der Waals surface area contributed by atoms with Crippen LogP contribution in [0.25, 0.3) is 11.4 Å². The average Bonchev–Trinajstić information content (AvgIpc) is 3.05. The smallest absolute Gasteiger partial charge is 0.230 e. The molecule has 0 radical (unpaired) electrons. The van der Waals surface area contributed by atoms with Crippen LogP contribution in [0.2, 0.25) is 0 Å². The SMILES string of the molecule is C[C@H]1CCCC[C@@H]1NC(=O)CSc1n[nH]c(-c2ccncc2)n1. The Morgan fingerprint density at radius 2 is 2.13 bits per heavy atom. The van der Waals surface area contributed by atoms with Gasteiger partial charge in [-0.1, -0.05) is 31.5 Å². The predicted octanol–water partition coefficient (Wildman–Crippen LogP) is 2.65. The van der Waals surface area contributed by atoms with Crippen molar-refractivity contribution in [1.82, 2.24) is 25.5 Å². The van der Waals surface area contributed by atoms with Crippen molar-refractivity contribution in [2.45, 2.75) is 43.8 Å². The summed E-state index contributed by atoms with van der Waals surface area (Å²) in [4.78, 5) is 20.5. The molecule has 2 aromatic rings. The topological polar surface area (TPSA) is 83.6 Å². The lowest BCUT2D eigenvalue weighted by Gasteiger charge is -2.29. The number of H-pyrrole nitrogens is 1. The fraction of sp³-hybridized carbons (Fsp3) is 0.500. The van der Waals surface area contributed by atoms with Gasteiger partial charge in [-0.25, -0.2) is 4.98 Å². The van der Waals surface area contributed by atoms with Crippen LogP contribution in [0.1, 0.15) is 32.6 Å². The lowest BCUT2D eigenvalue weighted by molar-refractivity contribution is -0.119. The predicted molar refractivity (Wildman–Crippen MR) is 89.9 cm³/mol. The molecule has 1 amide bonds. The Labute approximate surface area is 139 Å². The summed E-state index contributed by atoms with van der Waals surface area (Å²) in [6, 6.07) is 4.05. The number of thioether (sulfide) groups is 1. The maximum absolute atomic E-state index is 12.1. The fourth-order valence-electron chi connectivity index (χ4n) is 2.86. The number of aromatic nitrogens is 4. The third kappa shape index (κ3) is 4.31. The Hall–Kier alpha value is -1.89. The number of nitrogens with one attached hydrogen (secondary N) is 2. The number of hydrogen-bond donors (Lipinski definition) is 2. The minimum atomic E-state index is 0.0593. The van der Waals surface area contributed by atoms with Gasteiger partial charge in [-0.15, -0.1) is 5.10 Å². The molecule has 6 nitrogen and oxygen atoms in total. The van der Waals surface area contributed by atoms with Crippen LogP contribution in [-0.2, 0) is 4.79 Å². The highest BCUT2D eigenvalue weighted by atomic mass is 32.2. The van der Waals surface area contributed by atoms with E-state index in [9.17, 15) is 4.79 Å². The van der Waals surface area contributed by atoms with Gasteiger partial charge < -0.3 is 5.32 Å². The van der Waals surface area contributed by atoms with Crippen LogP contribution in [0.5, 0.6) is 0 Å². The molecular formula is C16H21N5OS. The fourth-order valence-corrected chi connectivity index (χ4v) is 3.47. The summed E-state index contributed by atoms with van der Waals surface area (Å²) in [5.74, 6) is 1.66. The normalized spacial score (nSPS) is 21.1. The monoisotopic (exact) mass is 331 g/mol. The molecule has 1 saturated carbocycles. The summed E-state index contributed by atoms with van der Waals surface area (Å²) in [6.45, 7) is 2.22. The van der Waals surface area contributed by atoms with E-state index in [4.69, 9.17) is 0 Å². The molecule has 23 heavy (non-hydrogen) atoms. The van der Waals surface area contributed by atoms with E-state index in [1.54, 1.807) is 12.4 Å². The van der Waals surface area contributed by atoms with Crippen molar-refractivity contribution in [3.05, 3.63) is 24.5 Å². The summed E-state index contributed by atoms with van der Waals surface area (Å²) >= 11 is 1.35. The molecule has 0 saturated heterocycles. The highest BCUT2D eigenvalue weighted by molar-refractivity contribution is 7.99. The molecule has 0 aliphatic heterocycles. The van der Waals surface area contributed by atoms with Crippen LogP contribution in [0, 0.1) is 5.92 Å². The van der Waals surface area contributed by atoms with E-state index in [0.29, 0.717) is 28.7 Å². The average molecular weight is 331 g/mol. The minimum absolute atomic E-state index is 0.0593. The number of amides is 1. The van der Waals surface area contributed by atoms with Crippen molar-refractivity contribution in [2.75, 3.05) is 5.75 Å². The number of rotatable bonds is 5. The largest absolute Gasteiger partial charge is 0.352 e. The zero-order chi connectivity index (χ0) is 16.1. The van der Waals surface area contributed by atoms with E-state index in [-0.39, 0.29) is 5.91 Å². The molecule has 1 aliphatic rings. The molecule has 1 aliphatic carbocycles. The molecule has 3 rings (SSSR count). The molecule has 0 aromatic carbocycles. The van der Waals surface area contributed by atoms with E-state index in [1.165, 1.54) is 31.0 Å². The number of carbonyl (C=O) groups excluding carboxylic acids is 1. The van der Waals surface area contributed by atoms with E-state index < -0.39 is 0 Å². The number of hydrogen-bond acceptors (Lipinski definition) is 5. The third-order valence-corrected chi connectivity index (χ3v) is 5.06. The van der Waals surface area contributed by atoms with Crippen molar-refractivity contribution in [1.29, 1.82) is 0 Å². The van der Waals surface area contributed by atoms with Gasteiger partial charge in [-0.2, -0.15) is 0 Å². The summed E-state index contributed by atoms with van der Waals surface area (Å²) in [5.41, 5.74) is 0.930. The molecule has 0 bridgehead atoms. The molecule has 1 fully saturated rings. The van der Waals surface area contributed by atoms with Gasteiger partial charge in [0.2, 0.25) is 11.1 Å². The van der Waals surface area contributed by atoms with Gasteiger partial charge >= 0.3 is 0 Å². The Bertz CT molecular complexity index is 645. The van der Waals surface area contributed by atoms with Gasteiger partial charge in [0.25, 0.3) is 0 Å². The zero-order valence-electron chi connectivity index (χ0n) is 13.2. The number of aromatic amines is 1. The standard InChI is InChI=1S/C16H21N5OS/c1-11-4-2-3-5-13(11)18-14(22)10-23-16-19-15(20-21-16)12-6-8-17-9-7-12/h6-9,11,13H,2-5,10H2,1H3,(H,18,22)(H,19,20,21)/t11-,13-/m0/s1. The number of pyridine rings is 1. The first kappa shape index (κ1) is 16.0. The van der Waals surface area contributed by atoms with Gasteiger partial charge in [0.05, 0.1) is 5.75 Å². The summed E-state index contributed by atoms with van der Waals surface area (Å²) in [7, 11) is 0. The summed E-state index contributed by atoms with van der Waals surface area (Å²) in [5, 5.41) is 10.8. The molecule has 2 heterocycles. The molecule has 2 aromatic heterocycles. The third-order valence-electron chi connectivity index (χ3n) is 4.21. The van der Waals surface area contributed by atoms with Crippen molar-refractivity contribution >= 4 is 17.7 Å². The molecule has 122 valence electrons. The van der Waals surface area contributed by atoms with Crippen molar-refractivity contribution in [2.24, 2.45) is 5.92 Å². The van der Waals surface area contributed by atoms with Crippen LogP contribution in [0.15, 0.2) is 29.7 Å². The van der Waals surface area contributed by atoms with Gasteiger partial charge in [-0.05, 0) is 30.9 Å². The second-order valence-corrected chi connectivity index (χ2v) is 6.87. The highest BCUT2D eigenvalue weighted by Gasteiger charge is 2.22. The Balaban J connectivity index is 1.50. The molecular weight excluding hydrogens is 310 g/mol. The Morgan fingerprint density at radius 3 is 2.91 bits per heavy atom. The second kappa shape index (κ2) is 7.59. The molecule has 2 N–H and O–H groups in total. The van der Waals surface area contributed by atoms with E-state index in [1.807, 2.05) is 12.1 Å². The molecule has 0 unspecified atom stereocenters. The first-order valence-electron chi connectivity index (χ1n) is 7.97. The van der Waals surface area contributed by atoms with E-state index in [0.717, 1.165) is 12.0 Å². The first-order valence-corrected chi connectivity index (χ1v) is 8.96. The zero-order valence-corrected chi connectivity index (χ0v) is 14.0. The van der Waals surface area contributed by atoms with Crippen molar-refractivity contribution < 1.29 is 4.79 Å².